The number of carbonyl (C=O) groups excluding carboxylic acids is 1. The third kappa shape index (κ3) is 4.00. The Hall–Kier alpha value is -1.98. The van der Waals surface area contributed by atoms with E-state index in [1.165, 1.54) is 37.5 Å². The Morgan fingerprint density at radius 2 is 1.81 bits per heavy atom. The van der Waals surface area contributed by atoms with Crippen molar-refractivity contribution in [1.82, 2.24) is 0 Å². The Labute approximate surface area is 122 Å². The van der Waals surface area contributed by atoms with Crippen LogP contribution < -0.4 is 9.64 Å². The molecule has 3 nitrogen and oxygen atoms in total. The van der Waals surface area contributed by atoms with Crippen molar-refractivity contribution in [2.24, 2.45) is 5.92 Å². The van der Waals surface area contributed by atoms with Crippen LogP contribution in [0.5, 0.6) is 5.75 Å². The van der Waals surface area contributed by atoms with Gasteiger partial charge in [-0.3, -0.25) is 9.69 Å². The third-order valence-corrected chi connectivity index (χ3v) is 3.03. The molecule has 0 spiro atoms. The standard InChI is InChI=1S/C15H18F3NO2/c1-5-13(10(2)3)19(14(20)15(16,17)18)11-6-8-12(21-4)9-7-11/h5-10,13H,1H2,2-4H3/t13-/m0/s1. The number of rotatable bonds is 5. The van der Waals surface area contributed by atoms with Crippen molar-refractivity contribution in [3.63, 3.8) is 0 Å². The zero-order chi connectivity index (χ0) is 16.2. The predicted molar refractivity (Wildman–Crippen MR) is 75.4 cm³/mol. The molecule has 0 aliphatic carbocycles. The molecule has 116 valence electrons. The summed E-state index contributed by atoms with van der Waals surface area (Å²) in [7, 11) is 1.45. The number of hydrogen-bond acceptors (Lipinski definition) is 2. The molecule has 1 atom stereocenters. The average molecular weight is 301 g/mol. The molecule has 0 radical (unpaired) electrons. The van der Waals surface area contributed by atoms with Crippen LogP contribution in [0.4, 0.5) is 18.9 Å². The van der Waals surface area contributed by atoms with E-state index < -0.39 is 18.1 Å². The van der Waals surface area contributed by atoms with Crippen molar-refractivity contribution in [1.29, 1.82) is 0 Å². The van der Waals surface area contributed by atoms with E-state index in [4.69, 9.17) is 4.74 Å². The lowest BCUT2D eigenvalue weighted by Crippen LogP contribution is -2.48. The lowest BCUT2D eigenvalue weighted by Gasteiger charge is -2.33. The molecule has 0 saturated carbocycles. The number of benzene rings is 1. The number of carbonyl (C=O) groups is 1. The molecule has 0 N–H and O–H groups in total. The molecule has 1 aromatic rings. The quantitative estimate of drug-likeness (QED) is 0.774. The van der Waals surface area contributed by atoms with Gasteiger partial charge in [-0.2, -0.15) is 13.2 Å². The summed E-state index contributed by atoms with van der Waals surface area (Å²) < 4.78 is 43.5. The highest BCUT2D eigenvalue weighted by Gasteiger charge is 2.45. The summed E-state index contributed by atoms with van der Waals surface area (Å²) in [5.41, 5.74) is 0.150. The van der Waals surface area contributed by atoms with E-state index in [2.05, 4.69) is 6.58 Å². The first-order valence-corrected chi connectivity index (χ1v) is 6.39. The average Bonchev–Trinajstić information content (AvgIpc) is 2.42. The van der Waals surface area contributed by atoms with Crippen LogP contribution in [0.3, 0.4) is 0 Å². The summed E-state index contributed by atoms with van der Waals surface area (Å²) in [6.07, 6.45) is -3.60. The zero-order valence-corrected chi connectivity index (χ0v) is 12.1. The highest BCUT2D eigenvalue weighted by Crippen LogP contribution is 2.29. The summed E-state index contributed by atoms with van der Waals surface area (Å²) in [5, 5.41) is 0. The Morgan fingerprint density at radius 3 is 2.14 bits per heavy atom. The van der Waals surface area contributed by atoms with Gasteiger partial charge in [-0.15, -0.1) is 6.58 Å². The molecule has 21 heavy (non-hydrogen) atoms. The Morgan fingerprint density at radius 1 is 1.29 bits per heavy atom. The fourth-order valence-electron chi connectivity index (χ4n) is 1.98. The minimum atomic E-state index is -4.95. The Bertz CT molecular complexity index is 495. The van der Waals surface area contributed by atoms with Crippen LogP contribution in [0.1, 0.15) is 13.8 Å². The molecule has 0 unspecified atom stereocenters. The van der Waals surface area contributed by atoms with Gasteiger partial charge in [0.2, 0.25) is 0 Å². The first kappa shape index (κ1) is 17.1. The maximum atomic E-state index is 12.8. The van der Waals surface area contributed by atoms with E-state index in [-0.39, 0.29) is 11.6 Å². The molecule has 0 fully saturated rings. The number of amides is 1. The molecular weight excluding hydrogens is 283 g/mol. The molecule has 1 rings (SSSR count). The Kier molecular flexibility index (Phi) is 5.41. The number of hydrogen-bond donors (Lipinski definition) is 0. The maximum Gasteiger partial charge on any atom is 0.471 e. The molecule has 0 saturated heterocycles. The van der Waals surface area contributed by atoms with Crippen molar-refractivity contribution in [3.8, 4) is 5.75 Å². The Balaban J connectivity index is 3.29. The normalized spacial score (nSPS) is 12.9. The summed E-state index contributed by atoms with van der Waals surface area (Å²) >= 11 is 0. The molecule has 0 heterocycles. The SMILES string of the molecule is C=C[C@@H](C(C)C)N(C(=O)C(F)(F)F)c1ccc(OC)cc1. The molecule has 0 bridgehead atoms. The topological polar surface area (TPSA) is 29.5 Å². The number of methoxy groups -OCH3 is 1. The lowest BCUT2D eigenvalue weighted by atomic mass is 10.0. The van der Waals surface area contributed by atoms with Gasteiger partial charge < -0.3 is 4.74 Å². The van der Waals surface area contributed by atoms with Crippen molar-refractivity contribution < 1.29 is 22.7 Å². The van der Waals surface area contributed by atoms with Gasteiger partial charge in [-0.05, 0) is 30.2 Å². The smallest absolute Gasteiger partial charge is 0.471 e. The zero-order valence-electron chi connectivity index (χ0n) is 12.1. The minimum Gasteiger partial charge on any atom is -0.497 e. The van der Waals surface area contributed by atoms with Gasteiger partial charge in [0.1, 0.15) is 5.75 Å². The number of ether oxygens (including phenoxy) is 1. The van der Waals surface area contributed by atoms with Crippen molar-refractivity contribution in [2.45, 2.75) is 26.1 Å². The third-order valence-electron chi connectivity index (χ3n) is 3.03. The minimum absolute atomic E-state index is 0.150. The number of alkyl halides is 3. The fourth-order valence-corrected chi connectivity index (χ4v) is 1.98. The van der Waals surface area contributed by atoms with Gasteiger partial charge in [0.05, 0.1) is 13.2 Å². The van der Waals surface area contributed by atoms with Crippen molar-refractivity contribution >= 4 is 11.6 Å². The van der Waals surface area contributed by atoms with Crippen LogP contribution in [-0.4, -0.2) is 25.2 Å². The second-order valence-electron chi connectivity index (χ2n) is 4.84. The van der Waals surface area contributed by atoms with Crippen LogP contribution in [0.15, 0.2) is 36.9 Å². The first-order chi connectivity index (χ1) is 9.72. The maximum absolute atomic E-state index is 12.8. The van der Waals surface area contributed by atoms with Crippen LogP contribution in [-0.2, 0) is 4.79 Å². The summed E-state index contributed by atoms with van der Waals surface area (Å²) in [6, 6.07) is 5.09. The summed E-state index contributed by atoms with van der Waals surface area (Å²) in [4.78, 5) is 12.5. The fraction of sp³-hybridized carbons (Fsp3) is 0.400. The van der Waals surface area contributed by atoms with Gasteiger partial charge in [-0.1, -0.05) is 19.9 Å². The second-order valence-corrected chi connectivity index (χ2v) is 4.84. The number of anilines is 1. The van der Waals surface area contributed by atoms with Gasteiger partial charge in [0.25, 0.3) is 0 Å². The monoisotopic (exact) mass is 301 g/mol. The molecule has 1 amide bonds. The van der Waals surface area contributed by atoms with E-state index in [1.807, 2.05) is 0 Å². The van der Waals surface area contributed by atoms with Crippen LogP contribution in [0.2, 0.25) is 0 Å². The van der Waals surface area contributed by atoms with Crippen molar-refractivity contribution in [2.75, 3.05) is 12.0 Å². The molecule has 6 heteroatoms. The highest BCUT2D eigenvalue weighted by atomic mass is 19.4. The predicted octanol–water partition coefficient (Wildman–Crippen LogP) is 3.80. The number of nitrogens with zero attached hydrogens (tertiary/aromatic N) is 1. The summed E-state index contributed by atoms with van der Waals surface area (Å²) in [5.74, 6) is -1.62. The van der Waals surface area contributed by atoms with E-state index in [0.717, 1.165) is 4.90 Å². The van der Waals surface area contributed by atoms with E-state index in [0.29, 0.717) is 5.75 Å². The van der Waals surface area contributed by atoms with E-state index in [1.54, 1.807) is 13.8 Å². The molecule has 0 aromatic heterocycles. The van der Waals surface area contributed by atoms with Gasteiger partial charge in [0.15, 0.2) is 0 Å². The van der Waals surface area contributed by atoms with Gasteiger partial charge in [0, 0.05) is 5.69 Å². The molecule has 0 aliphatic rings. The van der Waals surface area contributed by atoms with Crippen LogP contribution in [0, 0.1) is 5.92 Å². The molecule has 1 aromatic carbocycles. The number of halogens is 3. The van der Waals surface area contributed by atoms with Gasteiger partial charge in [-0.25, -0.2) is 0 Å². The molecular formula is C15H18F3NO2. The van der Waals surface area contributed by atoms with E-state index >= 15 is 0 Å². The first-order valence-electron chi connectivity index (χ1n) is 6.39. The summed E-state index contributed by atoms with van der Waals surface area (Å²) in [6.45, 7) is 7.00. The van der Waals surface area contributed by atoms with Crippen LogP contribution in [0.25, 0.3) is 0 Å². The van der Waals surface area contributed by atoms with Crippen molar-refractivity contribution in [3.05, 3.63) is 36.9 Å². The lowest BCUT2D eigenvalue weighted by molar-refractivity contribution is -0.171. The highest BCUT2D eigenvalue weighted by molar-refractivity contribution is 5.98. The molecule has 0 aliphatic heterocycles. The van der Waals surface area contributed by atoms with Crippen LogP contribution >= 0.6 is 0 Å². The largest absolute Gasteiger partial charge is 0.497 e. The van der Waals surface area contributed by atoms with Gasteiger partial charge >= 0.3 is 12.1 Å². The van der Waals surface area contributed by atoms with E-state index in [9.17, 15) is 18.0 Å². The second kappa shape index (κ2) is 6.65.